The van der Waals surface area contributed by atoms with E-state index < -0.39 is 0 Å². The van der Waals surface area contributed by atoms with E-state index in [0.29, 0.717) is 28.7 Å². The lowest BCUT2D eigenvalue weighted by Gasteiger charge is -2.08. The number of hydrogen-bond acceptors (Lipinski definition) is 6. The van der Waals surface area contributed by atoms with Gasteiger partial charge in [0.05, 0.1) is 32.1 Å². The third-order valence-electron chi connectivity index (χ3n) is 4.49. The number of ether oxygens (including phenoxy) is 3. The molecule has 0 spiro atoms. The van der Waals surface area contributed by atoms with Gasteiger partial charge in [0.2, 0.25) is 0 Å². The summed E-state index contributed by atoms with van der Waals surface area (Å²) in [6, 6.07) is 15.7. The fourth-order valence-corrected chi connectivity index (χ4v) is 3.62. The van der Waals surface area contributed by atoms with Gasteiger partial charge in [0.15, 0.2) is 11.5 Å². The molecule has 0 radical (unpaired) electrons. The predicted octanol–water partition coefficient (Wildman–Crippen LogP) is 6.07. The van der Waals surface area contributed by atoms with Crippen LogP contribution in [0.4, 0.5) is 0 Å². The molecule has 30 heavy (non-hydrogen) atoms. The van der Waals surface area contributed by atoms with E-state index in [0.717, 1.165) is 35.4 Å². The quantitative estimate of drug-likeness (QED) is 0.310. The van der Waals surface area contributed by atoms with Crippen LogP contribution in [0.1, 0.15) is 30.3 Å². The average molecular weight is 421 g/mol. The number of nitriles is 1. The summed E-state index contributed by atoms with van der Waals surface area (Å²) in [5.74, 6) is 2.14. The van der Waals surface area contributed by atoms with Crippen LogP contribution in [-0.4, -0.2) is 25.8 Å². The van der Waals surface area contributed by atoms with Crippen LogP contribution in [0.25, 0.3) is 22.9 Å². The largest absolute Gasteiger partial charge is 0.494 e. The van der Waals surface area contributed by atoms with Crippen molar-refractivity contribution in [1.29, 1.82) is 5.26 Å². The summed E-state index contributed by atoms with van der Waals surface area (Å²) in [6.45, 7) is 2.85. The van der Waals surface area contributed by atoms with Gasteiger partial charge < -0.3 is 14.2 Å². The van der Waals surface area contributed by atoms with E-state index in [4.69, 9.17) is 14.2 Å². The number of benzene rings is 2. The smallest absolute Gasteiger partial charge is 0.161 e. The molecule has 0 aliphatic rings. The van der Waals surface area contributed by atoms with Crippen LogP contribution in [0.3, 0.4) is 0 Å². The van der Waals surface area contributed by atoms with Gasteiger partial charge in [0.1, 0.15) is 16.8 Å². The third-order valence-corrected chi connectivity index (χ3v) is 5.37. The highest BCUT2D eigenvalue weighted by molar-refractivity contribution is 7.11. The van der Waals surface area contributed by atoms with Gasteiger partial charge in [0, 0.05) is 10.9 Å². The van der Waals surface area contributed by atoms with Crippen LogP contribution in [-0.2, 0) is 0 Å². The highest BCUT2D eigenvalue weighted by atomic mass is 32.1. The minimum Gasteiger partial charge on any atom is -0.494 e. The second kappa shape index (κ2) is 10.5. The number of aromatic nitrogens is 1. The molecule has 0 saturated carbocycles. The zero-order valence-corrected chi connectivity index (χ0v) is 18.2. The minimum atomic E-state index is 0.520. The summed E-state index contributed by atoms with van der Waals surface area (Å²) in [5, 5.41) is 12.3. The number of unbranched alkanes of at least 4 members (excludes halogenated alkanes) is 1. The van der Waals surface area contributed by atoms with Crippen LogP contribution in [0.2, 0.25) is 0 Å². The first-order valence-electron chi connectivity index (χ1n) is 9.71. The Morgan fingerprint density at radius 3 is 2.53 bits per heavy atom. The van der Waals surface area contributed by atoms with Crippen molar-refractivity contribution in [3.8, 4) is 34.6 Å². The Morgan fingerprint density at radius 1 is 1.10 bits per heavy atom. The predicted molar refractivity (Wildman–Crippen MR) is 121 cm³/mol. The van der Waals surface area contributed by atoms with Crippen molar-refractivity contribution in [3.05, 3.63) is 58.4 Å². The van der Waals surface area contributed by atoms with Crippen LogP contribution in [0.15, 0.2) is 47.8 Å². The number of allylic oxidation sites excluding steroid dienone is 1. The molecule has 2 aromatic carbocycles. The fraction of sp³-hybridized carbons (Fsp3) is 0.250. The lowest BCUT2D eigenvalue weighted by atomic mass is 10.1. The maximum Gasteiger partial charge on any atom is 0.161 e. The number of nitrogens with zero attached hydrogens (tertiary/aromatic N) is 2. The molecule has 3 aromatic rings. The summed E-state index contributed by atoms with van der Waals surface area (Å²) in [5.41, 5.74) is 3.14. The maximum atomic E-state index is 9.66. The van der Waals surface area contributed by atoms with Crippen molar-refractivity contribution in [2.75, 3.05) is 20.8 Å². The molecular formula is C24H24N2O3S. The molecule has 0 saturated heterocycles. The van der Waals surface area contributed by atoms with Crippen LogP contribution in [0, 0.1) is 11.3 Å². The van der Waals surface area contributed by atoms with Crippen molar-refractivity contribution < 1.29 is 14.2 Å². The van der Waals surface area contributed by atoms with Crippen molar-refractivity contribution >= 4 is 23.0 Å². The van der Waals surface area contributed by atoms with Gasteiger partial charge in [-0.05, 0) is 48.4 Å². The first kappa shape index (κ1) is 21.4. The molecule has 6 heteroatoms. The molecule has 3 rings (SSSR count). The molecule has 1 heterocycles. The lowest BCUT2D eigenvalue weighted by Crippen LogP contribution is -1.95. The van der Waals surface area contributed by atoms with E-state index in [1.807, 2.05) is 53.9 Å². The SMILES string of the molecule is CCCCOc1ccc(/C=C(/C#N)c2nc(-c3ccc(OC)c(OC)c3)cs2)cc1. The normalized spacial score (nSPS) is 11.1. The summed E-state index contributed by atoms with van der Waals surface area (Å²) >= 11 is 1.44. The van der Waals surface area contributed by atoms with Crippen LogP contribution >= 0.6 is 11.3 Å². The molecule has 0 aliphatic heterocycles. The topological polar surface area (TPSA) is 64.4 Å². The van der Waals surface area contributed by atoms with Gasteiger partial charge in [-0.2, -0.15) is 5.26 Å². The van der Waals surface area contributed by atoms with Gasteiger partial charge in [-0.25, -0.2) is 4.98 Å². The molecule has 0 bridgehead atoms. The van der Waals surface area contributed by atoms with Crippen LogP contribution in [0.5, 0.6) is 17.2 Å². The molecule has 5 nitrogen and oxygen atoms in total. The Bertz CT molecular complexity index is 1050. The number of rotatable bonds is 9. The van der Waals surface area contributed by atoms with Crippen molar-refractivity contribution in [3.63, 3.8) is 0 Å². The molecule has 0 unspecified atom stereocenters. The first-order chi connectivity index (χ1) is 14.7. The molecule has 0 fully saturated rings. The van der Waals surface area contributed by atoms with E-state index in [-0.39, 0.29) is 0 Å². The standard InChI is InChI=1S/C24H24N2O3S/c1-4-5-12-29-20-9-6-17(7-10-20)13-19(15-25)24-26-21(16-30-24)18-8-11-22(27-2)23(14-18)28-3/h6-11,13-14,16H,4-5,12H2,1-3H3/b19-13-. The van der Waals surface area contributed by atoms with Crippen LogP contribution < -0.4 is 14.2 Å². The highest BCUT2D eigenvalue weighted by Gasteiger charge is 2.12. The van der Waals surface area contributed by atoms with Gasteiger partial charge >= 0.3 is 0 Å². The molecular weight excluding hydrogens is 396 g/mol. The monoisotopic (exact) mass is 420 g/mol. The zero-order valence-electron chi connectivity index (χ0n) is 17.3. The van der Waals surface area contributed by atoms with Crippen molar-refractivity contribution in [1.82, 2.24) is 4.98 Å². The van der Waals surface area contributed by atoms with E-state index in [1.54, 1.807) is 14.2 Å². The first-order valence-corrected chi connectivity index (χ1v) is 10.6. The molecule has 154 valence electrons. The summed E-state index contributed by atoms with van der Waals surface area (Å²) in [7, 11) is 3.21. The van der Waals surface area contributed by atoms with E-state index in [1.165, 1.54) is 11.3 Å². The summed E-state index contributed by atoms with van der Waals surface area (Å²) in [6.07, 6.45) is 3.98. The zero-order chi connectivity index (χ0) is 21.3. The Balaban J connectivity index is 1.80. The molecule has 0 aliphatic carbocycles. The number of methoxy groups -OCH3 is 2. The van der Waals surface area contributed by atoms with Crippen molar-refractivity contribution in [2.45, 2.75) is 19.8 Å². The second-order valence-electron chi connectivity index (χ2n) is 6.55. The maximum absolute atomic E-state index is 9.66. The van der Waals surface area contributed by atoms with Crippen molar-refractivity contribution in [2.24, 2.45) is 0 Å². The highest BCUT2D eigenvalue weighted by Crippen LogP contribution is 2.34. The number of hydrogen-bond donors (Lipinski definition) is 0. The molecule has 1 aromatic heterocycles. The fourth-order valence-electron chi connectivity index (χ4n) is 2.83. The second-order valence-corrected chi connectivity index (χ2v) is 7.41. The van der Waals surface area contributed by atoms with Gasteiger partial charge in [-0.3, -0.25) is 0 Å². The van der Waals surface area contributed by atoms with Gasteiger partial charge in [-0.1, -0.05) is 25.5 Å². The van der Waals surface area contributed by atoms with E-state index in [2.05, 4.69) is 18.0 Å². The Labute approximate surface area is 181 Å². The molecule has 0 amide bonds. The van der Waals surface area contributed by atoms with E-state index in [9.17, 15) is 5.26 Å². The third kappa shape index (κ3) is 5.19. The lowest BCUT2D eigenvalue weighted by molar-refractivity contribution is 0.309. The van der Waals surface area contributed by atoms with Gasteiger partial charge in [0.25, 0.3) is 0 Å². The summed E-state index contributed by atoms with van der Waals surface area (Å²) in [4.78, 5) is 4.65. The summed E-state index contributed by atoms with van der Waals surface area (Å²) < 4.78 is 16.3. The molecule has 0 atom stereocenters. The molecule has 0 N–H and O–H groups in total. The Kier molecular flexibility index (Phi) is 7.47. The Morgan fingerprint density at radius 2 is 1.87 bits per heavy atom. The average Bonchev–Trinajstić information content (AvgIpc) is 3.28. The van der Waals surface area contributed by atoms with Gasteiger partial charge in [-0.15, -0.1) is 11.3 Å². The Hall–Kier alpha value is -3.30. The number of thiazole rings is 1. The van der Waals surface area contributed by atoms with E-state index >= 15 is 0 Å². The minimum absolute atomic E-state index is 0.520.